The minimum atomic E-state index is -0.465. The summed E-state index contributed by atoms with van der Waals surface area (Å²) in [7, 11) is 4.39. The summed E-state index contributed by atoms with van der Waals surface area (Å²) in [5.41, 5.74) is -0.00663. The number of carbonyl (C=O) groups is 2. The molecule has 1 aromatic heterocycles. The highest BCUT2D eigenvalue weighted by Gasteiger charge is 2.16. The van der Waals surface area contributed by atoms with Gasteiger partial charge in [-0.15, -0.1) is 0 Å². The van der Waals surface area contributed by atoms with Crippen LogP contribution in [-0.4, -0.2) is 56.4 Å². The highest BCUT2D eigenvalue weighted by Crippen LogP contribution is 2.38. The van der Waals surface area contributed by atoms with E-state index in [9.17, 15) is 14.4 Å². The largest absolute Gasteiger partial charge is 0.493 e. The lowest BCUT2D eigenvalue weighted by atomic mass is 10.1. The molecular weight excluding hydrogens is 356 g/mol. The smallest absolute Gasteiger partial charge is 0.271 e. The molecule has 144 valence electrons. The van der Waals surface area contributed by atoms with Crippen molar-refractivity contribution in [2.75, 3.05) is 34.4 Å². The van der Waals surface area contributed by atoms with Crippen molar-refractivity contribution in [3.8, 4) is 17.2 Å². The molecule has 0 saturated carbocycles. The topological polar surface area (TPSA) is 132 Å². The number of benzene rings is 1. The van der Waals surface area contributed by atoms with E-state index in [1.165, 1.54) is 45.6 Å². The molecule has 3 N–H and O–H groups in total. The number of amides is 2. The van der Waals surface area contributed by atoms with Crippen molar-refractivity contribution in [3.63, 3.8) is 0 Å². The van der Waals surface area contributed by atoms with Gasteiger partial charge in [0, 0.05) is 24.7 Å². The fourth-order valence-corrected chi connectivity index (χ4v) is 2.23. The van der Waals surface area contributed by atoms with E-state index in [0.717, 1.165) is 0 Å². The Morgan fingerprint density at radius 1 is 0.963 bits per heavy atom. The van der Waals surface area contributed by atoms with Crippen molar-refractivity contribution in [1.82, 2.24) is 20.8 Å². The van der Waals surface area contributed by atoms with E-state index in [0.29, 0.717) is 22.8 Å². The number of aromatic amines is 1. The average Bonchev–Trinajstić information content (AvgIpc) is 2.70. The maximum absolute atomic E-state index is 12.3. The second-order valence-electron chi connectivity index (χ2n) is 5.23. The van der Waals surface area contributed by atoms with Crippen molar-refractivity contribution in [3.05, 3.63) is 45.9 Å². The van der Waals surface area contributed by atoms with Gasteiger partial charge in [-0.25, -0.2) is 5.10 Å². The molecule has 2 rings (SSSR count). The number of carbonyl (C=O) groups excluding carboxylic acids is 2. The Kier molecular flexibility index (Phi) is 6.75. The number of H-pyrrole nitrogens is 1. The van der Waals surface area contributed by atoms with Crippen LogP contribution < -0.4 is 30.4 Å². The summed E-state index contributed by atoms with van der Waals surface area (Å²) >= 11 is 0. The van der Waals surface area contributed by atoms with Crippen LogP contribution in [0.15, 0.2) is 29.1 Å². The zero-order valence-electron chi connectivity index (χ0n) is 15.1. The summed E-state index contributed by atoms with van der Waals surface area (Å²) in [6.07, 6.45) is 0. The molecule has 0 fully saturated rings. The number of hydrogen-bond acceptors (Lipinski definition) is 7. The number of hydrogen-bond donors (Lipinski definition) is 3. The molecule has 0 aliphatic heterocycles. The number of nitrogens with zero attached hydrogens (tertiary/aromatic N) is 1. The minimum absolute atomic E-state index is 0.0746. The van der Waals surface area contributed by atoms with Crippen molar-refractivity contribution >= 4 is 11.8 Å². The molecule has 0 bridgehead atoms. The van der Waals surface area contributed by atoms with Crippen LogP contribution in [0.5, 0.6) is 17.2 Å². The van der Waals surface area contributed by atoms with E-state index in [-0.39, 0.29) is 24.7 Å². The van der Waals surface area contributed by atoms with Crippen LogP contribution in [0.3, 0.4) is 0 Å². The summed E-state index contributed by atoms with van der Waals surface area (Å²) in [6.45, 7) is 0.361. The third-order valence-corrected chi connectivity index (χ3v) is 3.53. The van der Waals surface area contributed by atoms with Gasteiger partial charge >= 0.3 is 0 Å². The molecule has 27 heavy (non-hydrogen) atoms. The van der Waals surface area contributed by atoms with Crippen molar-refractivity contribution in [2.45, 2.75) is 0 Å². The van der Waals surface area contributed by atoms with Crippen LogP contribution in [0.2, 0.25) is 0 Å². The summed E-state index contributed by atoms with van der Waals surface area (Å²) in [5, 5.41) is 11.0. The van der Waals surface area contributed by atoms with Crippen molar-refractivity contribution in [2.24, 2.45) is 0 Å². The molecule has 10 heteroatoms. The average molecular weight is 376 g/mol. The molecule has 2 aromatic rings. The van der Waals surface area contributed by atoms with Crippen LogP contribution in [0, 0.1) is 0 Å². The Labute approximate surface area is 154 Å². The van der Waals surface area contributed by atoms with E-state index >= 15 is 0 Å². The van der Waals surface area contributed by atoms with E-state index in [1.54, 1.807) is 0 Å². The number of rotatable bonds is 8. The lowest BCUT2D eigenvalue weighted by Crippen LogP contribution is -2.35. The van der Waals surface area contributed by atoms with Crippen LogP contribution in [0.1, 0.15) is 20.8 Å². The van der Waals surface area contributed by atoms with Gasteiger partial charge in [-0.3, -0.25) is 14.4 Å². The van der Waals surface area contributed by atoms with E-state index in [4.69, 9.17) is 14.2 Å². The quantitative estimate of drug-likeness (QED) is 0.551. The van der Waals surface area contributed by atoms with Gasteiger partial charge in [0.2, 0.25) is 5.75 Å². The number of aromatic nitrogens is 2. The monoisotopic (exact) mass is 376 g/mol. The Bertz CT molecular complexity index is 834. The fourth-order valence-electron chi connectivity index (χ4n) is 2.23. The first-order valence-corrected chi connectivity index (χ1v) is 7.92. The second kappa shape index (κ2) is 9.22. The Hall–Kier alpha value is -3.56. The molecule has 10 nitrogen and oxygen atoms in total. The second-order valence-corrected chi connectivity index (χ2v) is 5.23. The Morgan fingerprint density at radius 2 is 1.56 bits per heavy atom. The molecule has 1 aromatic carbocycles. The minimum Gasteiger partial charge on any atom is -0.493 e. The van der Waals surface area contributed by atoms with E-state index < -0.39 is 11.5 Å². The van der Waals surface area contributed by atoms with Gasteiger partial charge in [-0.05, 0) is 18.2 Å². The summed E-state index contributed by atoms with van der Waals surface area (Å²) in [6, 6.07) is 5.57. The molecule has 0 aliphatic carbocycles. The molecule has 2 amide bonds. The fraction of sp³-hybridized carbons (Fsp3) is 0.294. The molecule has 0 aliphatic rings. The van der Waals surface area contributed by atoms with Gasteiger partial charge in [0.05, 0.1) is 21.3 Å². The van der Waals surface area contributed by atoms with Crippen LogP contribution in [-0.2, 0) is 0 Å². The van der Waals surface area contributed by atoms with Gasteiger partial charge in [0.25, 0.3) is 17.4 Å². The van der Waals surface area contributed by atoms with Gasteiger partial charge in [0.1, 0.15) is 5.69 Å². The lowest BCUT2D eigenvalue weighted by molar-refractivity contribution is 0.0924. The normalized spacial score (nSPS) is 10.0. The molecular formula is C17H20N4O6. The van der Waals surface area contributed by atoms with E-state index in [1.807, 2.05) is 0 Å². The predicted octanol–water partition coefficient (Wildman–Crippen LogP) is -0.0445. The van der Waals surface area contributed by atoms with Gasteiger partial charge in [-0.2, -0.15) is 5.10 Å². The van der Waals surface area contributed by atoms with Crippen LogP contribution >= 0.6 is 0 Å². The van der Waals surface area contributed by atoms with Crippen LogP contribution in [0.4, 0.5) is 0 Å². The third-order valence-electron chi connectivity index (χ3n) is 3.53. The molecule has 0 saturated heterocycles. The van der Waals surface area contributed by atoms with Gasteiger partial charge in [0.15, 0.2) is 11.5 Å². The molecule has 1 heterocycles. The maximum atomic E-state index is 12.3. The highest BCUT2D eigenvalue weighted by atomic mass is 16.5. The number of nitrogens with one attached hydrogen (secondary N) is 3. The summed E-state index contributed by atoms with van der Waals surface area (Å²) < 4.78 is 15.6. The Morgan fingerprint density at radius 3 is 2.04 bits per heavy atom. The third kappa shape index (κ3) is 4.97. The molecule has 0 radical (unpaired) electrons. The highest BCUT2D eigenvalue weighted by molar-refractivity contribution is 5.95. The number of methoxy groups -OCH3 is 3. The zero-order valence-corrected chi connectivity index (χ0v) is 15.1. The van der Waals surface area contributed by atoms with Crippen LogP contribution in [0.25, 0.3) is 0 Å². The molecule has 0 unspecified atom stereocenters. The molecule has 0 spiro atoms. The summed E-state index contributed by atoms with van der Waals surface area (Å²) in [5.74, 6) is 0.273. The van der Waals surface area contributed by atoms with Crippen molar-refractivity contribution in [1.29, 1.82) is 0 Å². The predicted molar refractivity (Wildman–Crippen MR) is 95.6 cm³/mol. The lowest BCUT2D eigenvalue weighted by Gasteiger charge is -2.14. The maximum Gasteiger partial charge on any atom is 0.271 e. The molecule has 0 atom stereocenters. The van der Waals surface area contributed by atoms with E-state index in [2.05, 4.69) is 20.8 Å². The number of ether oxygens (including phenoxy) is 3. The SMILES string of the molecule is COc1cc(C(=O)NCCNC(=O)c2ccc(=O)[nH]n2)cc(OC)c1OC. The van der Waals surface area contributed by atoms with Crippen molar-refractivity contribution < 1.29 is 23.8 Å². The first-order chi connectivity index (χ1) is 13.0. The van der Waals surface area contributed by atoms with Gasteiger partial charge < -0.3 is 24.8 Å². The van der Waals surface area contributed by atoms with Gasteiger partial charge in [-0.1, -0.05) is 0 Å². The first kappa shape index (κ1) is 19.8. The first-order valence-electron chi connectivity index (χ1n) is 7.92. The summed E-state index contributed by atoms with van der Waals surface area (Å²) in [4.78, 5) is 35.1. The standard InChI is InChI=1S/C17H20N4O6/c1-25-12-8-10(9-13(26-2)15(12)27-3)16(23)18-6-7-19-17(24)11-4-5-14(22)21-20-11/h4-5,8-9H,6-7H2,1-3H3,(H,18,23)(H,19,24)(H,21,22). The zero-order chi connectivity index (χ0) is 19.8. The Balaban J connectivity index is 1.93.